The van der Waals surface area contributed by atoms with Crippen LogP contribution >= 0.6 is 0 Å². The number of nitrogens with zero attached hydrogens (tertiary/aromatic N) is 2. The van der Waals surface area contributed by atoms with Gasteiger partial charge in [-0.25, -0.2) is 17.9 Å². The minimum atomic E-state index is -1.47. The van der Waals surface area contributed by atoms with E-state index in [-0.39, 0.29) is 11.7 Å². The Morgan fingerprint density at radius 1 is 1.25 bits per heavy atom. The summed E-state index contributed by atoms with van der Waals surface area (Å²) in [5, 5.41) is 7.36. The monoisotopic (exact) mass is 283 g/mol. The molecule has 1 unspecified atom stereocenters. The zero-order chi connectivity index (χ0) is 14.9. The lowest BCUT2D eigenvalue weighted by molar-refractivity contribution is 0.446. The first-order valence-corrected chi connectivity index (χ1v) is 6.38. The molecule has 0 spiro atoms. The summed E-state index contributed by atoms with van der Waals surface area (Å²) in [4.78, 5) is 0. The van der Waals surface area contributed by atoms with Gasteiger partial charge in [-0.2, -0.15) is 5.10 Å². The Labute approximate surface area is 115 Å². The van der Waals surface area contributed by atoms with E-state index in [2.05, 4.69) is 10.4 Å². The molecule has 0 aliphatic heterocycles. The molecule has 1 aromatic carbocycles. The number of aromatic nitrogens is 2. The standard InChI is InChI=1S/C14H16F3N3/c1-4-18-8(2)11-7-19-20(9(11)3)10-5-12(15)14(17)13(16)6-10/h5-8,18H,4H2,1-3H3. The highest BCUT2D eigenvalue weighted by Gasteiger charge is 2.16. The van der Waals surface area contributed by atoms with E-state index in [0.29, 0.717) is 0 Å². The molecule has 3 nitrogen and oxygen atoms in total. The van der Waals surface area contributed by atoms with Gasteiger partial charge in [0, 0.05) is 29.4 Å². The van der Waals surface area contributed by atoms with Crippen LogP contribution in [0.3, 0.4) is 0 Å². The Hall–Kier alpha value is -1.82. The minimum absolute atomic E-state index is 0.0730. The molecular formula is C14H16F3N3. The van der Waals surface area contributed by atoms with E-state index in [0.717, 1.165) is 29.9 Å². The second-order valence-corrected chi connectivity index (χ2v) is 4.60. The largest absolute Gasteiger partial charge is 0.310 e. The van der Waals surface area contributed by atoms with Gasteiger partial charge in [-0.3, -0.25) is 0 Å². The average Bonchev–Trinajstić information content (AvgIpc) is 2.77. The molecule has 20 heavy (non-hydrogen) atoms. The fourth-order valence-corrected chi connectivity index (χ4v) is 2.19. The van der Waals surface area contributed by atoms with Crippen LogP contribution in [0.1, 0.15) is 31.1 Å². The van der Waals surface area contributed by atoms with E-state index in [4.69, 9.17) is 0 Å². The Morgan fingerprint density at radius 2 is 1.85 bits per heavy atom. The third-order valence-electron chi connectivity index (χ3n) is 3.24. The normalized spacial score (nSPS) is 12.7. The van der Waals surface area contributed by atoms with Gasteiger partial charge in [0.25, 0.3) is 0 Å². The average molecular weight is 283 g/mol. The van der Waals surface area contributed by atoms with E-state index >= 15 is 0 Å². The highest BCUT2D eigenvalue weighted by Crippen LogP contribution is 2.22. The second kappa shape index (κ2) is 5.66. The quantitative estimate of drug-likeness (QED) is 0.873. The molecule has 108 valence electrons. The van der Waals surface area contributed by atoms with Crippen LogP contribution in [0, 0.1) is 24.4 Å². The molecule has 0 saturated carbocycles. The van der Waals surface area contributed by atoms with Crippen LogP contribution in [-0.2, 0) is 0 Å². The zero-order valence-corrected chi connectivity index (χ0v) is 11.5. The molecule has 0 aliphatic rings. The third-order valence-corrected chi connectivity index (χ3v) is 3.24. The lowest BCUT2D eigenvalue weighted by Crippen LogP contribution is -2.18. The van der Waals surface area contributed by atoms with Gasteiger partial charge >= 0.3 is 0 Å². The number of nitrogens with one attached hydrogen (secondary N) is 1. The maximum Gasteiger partial charge on any atom is 0.194 e. The van der Waals surface area contributed by atoms with Crippen molar-refractivity contribution in [3.05, 3.63) is 47.0 Å². The van der Waals surface area contributed by atoms with Gasteiger partial charge in [-0.05, 0) is 20.4 Å². The summed E-state index contributed by atoms with van der Waals surface area (Å²) in [5.74, 6) is -3.92. The van der Waals surface area contributed by atoms with Crippen molar-refractivity contribution in [2.45, 2.75) is 26.8 Å². The van der Waals surface area contributed by atoms with Crippen molar-refractivity contribution in [3.63, 3.8) is 0 Å². The first-order valence-electron chi connectivity index (χ1n) is 6.38. The molecule has 1 aromatic heterocycles. The highest BCUT2D eigenvalue weighted by atomic mass is 19.2. The molecular weight excluding hydrogens is 267 g/mol. The van der Waals surface area contributed by atoms with E-state index in [9.17, 15) is 13.2 Å². The van der Waals surface area contributed by atoms with Crippen LogP contribution < -0.4 is 5.32 Å². The molecule has 0 bridgehead atoms. The Bertz CT molecular complexity index is 599. The zero-order valence-electron chi connectivity index (χ0n) is 11.5. The summed E-state index contributed by atoms with van der Waals surface area (Å²) in [5.41, 5.74) is 1.84. The van der Waals surface area contributed by atoms with Crippen LogP contribution in [0.5, 0.6) is 0 Å². The molecule has 0 aliphatic carbocycles. The predicted octanol–water partition coefficient (Wildman–Crippen LogP) is 3.27. The molecule has 0 fully saturated rings. The van der Waals surface area contributed by atoms with E-state index in [1.54, 1.807) is 13.1 Å². The Morgan fingerprint density at radius 3 is 2.40 bits per heavy atom. The molecule has 0 amide bonds. The van der Waals surface area contributed by atoms with Crippen LogP contribution in [-0.4, -0.2) is 16.3 Å². The summed E-state index contributed by atoms with van der Waals surface area (Å²) in [7, 11) is 0. The van der Waals surface area contributed by atoms with E-state index < -0.39 is 17.5 Å². The smallest absolute Gasteiger partial charge is 0.194 e. The van der Waals surface area contributed by atoms with E-state index in [1.165, 1.54) is 4.68 Å². The molecule has 6 heteroatoms. The van der Waals surface area contributed by atoms with Gasteiger partial charge in [-0.1, -0.05) is 6.92 Å². The molecule has 1 atom stereocenters. The van der Waals surface area contributed by atoms with Crippen molar-refractivity contribution in [1.29, 1.82) is 0 Å². The predicted molar refractivity (Wildman–Crippen MR) is 70.3 cm³/mol. The maximum absolute atomic E-state index is 13.3. The van der Waals surface area contributed by atoms with Crippen molar-refractivity contribution in [2.24, 2.45) is 0 Å². The molecule has 1 N–H and O–H groups in total. The minimum Gasteiger partial charge on any atom is -0.310 e. The van der Waals surface area contributed by atoms with Gasteiger partial charge in [-0.15, -0.1) is 0 Å². The second-order valence-electron chi connectivity index (χ2n) is 4.60. The number of hydrogen-bond acceptors (Lipinski definition) is 2. The Kier molecular flexibility index (Phi) is 4.13. The van der Waals surface area contributed by atoms with Crippen molar-refractivity contribution >= 4 is 0 Å². The number of benzene rings is 1. The van der Waals surface area contributed by atoms with Crippen LogP contribution in [0.25, 0.3) is 5.69 Å². The van der Waals surface area contributed by atoms with Gasteiger partial charge in [0.15, 0.2) is 17.5 Å². The topological polar surface area (TPSA) is 29.9 Å². The summed E-state index contributed by atoms with van der Waals surface area (Å²) in [6, 6.07) is 1.93. The first kappa shape index (κ1) is 14.6. The Balaban J connectivity index is 2.44. The lowest BCUT2D eigenvalue weighted by atomic mass is 10.1. The van der Waals surface area contributed by atoms with Crippen LogP contribution in [0.4, 0.5) is 13.2 Å². The van der Waals surface area contributed by atoms with Gasteiger partial charge < -0.3 is 5.32 Å². The van der Waals surface area contributed by atoms with Crippen molar-refractivity contribution in [1.82, 2.24) is 15.1 Å². The lowest BCUT2D eigenvalue weighted by Gasteiger charge is -2.12. The van der Waals surface area contributed by atoms with E-state index in [1.807, 2.05) is 13.8 Å². The summed E-state index contributed by atoms with van der Waals surface area (Å²) in [6.45, 7) is 6.56. The number of halogens is 3. The fraction of sp³-hybridized carbons (Fsp3) is 0.357. The molecule has 0 saturated heterocycles. The van der Waals surface area contributed by atoms with Crippen molar-refractivity contribution in [3.8, 4) is 5.69 Å². The van der Waals surface area contributed by atoms with Gasteiger partial charge in [0.1, 0.15) is 0 Å². The summed E-state index contributed by atoms with van der Waals surface area (Å²) >= 11 is 0. The first-order chi connectivity index (χ1) is 9.45. The molecule has 0 radical (unpaired) electrons. The SMILES string of the molecule is CCNC(C)c1cnn(-c2cc(F)c(F)c(F)c2)c1C. The summed E-state index contributed by atoms with van der Waals surface area (Å²) in [6.07, 6.45) is 1.64. The van der Waals surface area contributed by atoms with Gasteiger partial charge in [0.2, 0.25) is 0 Å². The fourth-order valence-electron chi connectivity index (χ4n) is 2.19. The van der Waals surface area contributed by atoms with Crippen LogP contribution in [0.15, 0.2) is 18.3 Å². The third kappa shape index (κ3) is 2.56. The van der Waals surface area contributed by atoms with Gasteiger partial charge in [0.05, 0.1) is 11.9 Å². The van der Waals surface area contributed by atoms with Crippen LogP contribution in [0.2, 0.25) is 0 Å². The highest BCUT2D eigenvalue weighted by molar-refractivity contribution is 5.37. The molecule has 2 rings (SSSR count). The van der Waals surface area contributed by atoms with Crippen molar-refractivity contribution in [2.75, 3.05) is 6.54 Å². The number of rotatable bonds is 4. The van der Waals surface area contributed by atoms with Crippen molar-refractivity contribution < 1.29 is 13.2 Å². The summed E-state index contributed by atoms with van der Waals surface area (Å²) < 4.78 is 40.9. The number of hydrogen-bond donors (Lipinski definition) is 1. The maximum atomic E-state index is 13.3. The molecule has 1 heterocycles. The molecule has 2 aromatic rings.